The third kappa shape index (κ3) is 4.68. The van der Waals surface area contributed by atoms with Crippen LogP contribution in [0.4, 0.5) is 17.1 Å². The van der Waals surface area contributed by atoms with Crippen LogP contribution in [0.15, 0.2) is 86.1 Å². The molecule has 0 amide bonds. The van der Waals surface area contributed by atoms with E-state index in [4.69, 9.17) is 0 Å². The lowest BCUT2D eigenvalue weighted by Gasteiger charge is -2.37. The summed E-state index contributed by atoms with van der Waals surface area (Å²) in [5.74, 6) is -0.516. The van der Waals surface area contributed by atoms with Crippen molar-refractivity contribution in [1.29, 1.82) is 0 Å². The number of aryl methyl sites for hydroxylation is 1. The number of rotatable bonds is 5. The number of hydrogen-bond donors (Lipinski definition) is 4. The largest absolute Gasteiger partial charge is 0.493 e. The van der Waals surface area contributed by atoms with E-state index in [0.29, 0.717) is 35.5 Å². The minimum Gasteiger partial charge on any atom is -0.493 e. The van der Waals surface area contributed by atoms with Crippen molar-refractivity contribution in [2.45, 2.75) is 6.92 Å². The van der Waals surface area contributed by atoms with E-state index in [1.807, 2.05) is 37.3 Å². The fraction of sp³-hybridized carbons (Fsp3) is 0.172. The van der Waals surface area contributed by atoms with Gasteiger partial charge in [-0.15, -0.1) is 0 Å². The molecule has 4 N–H and O–H groups in total. The fourth-order valence-corrected chi connectivity index (χ4v) is 5.06. The van der Waals surface area contributed by atoms with Gasteiger partial charge in [-0.2, -0.15) is 0 Å². The first-order chi connectivity index (χ1) is 19.4. The molecule has 11 heteroatoms. The van der Waals surface area contributed by atoms with Crippen LogP contribution in [0.1, 0.15) is 11.1 Å². The molecule has 3 aromatic carbocycles. The summed E-state index contributed by atoms with van der Waals surface area (Å²) in [7, 11) is 0. The van der Waals surface area contributed by atoms with Crippen LogP contribution in [0.5, 0.6) is 5.88 Å². The molecule has 0 atom stereocenters. The molecule has 5 aromatic rings. The molecule has 1 aliphatic heterocycles. The van der Waals surface area contributed by atoms with Gasteiger partial charge in [0, 0.05) is 38.1 Å². The number of para-hydroxylation sites is 1. The molecule has 1 fully saturated rings. The number of H-pyrrole nitrogens is 3. The second-order valence-corrected chi connectivity index (χ2v) is 9.70. The number of imidazole rings is 1. The zero-order valence-electron chi connectivity index (χ0n) is 21.7. The SMILES string of the molecule is Cc1cccc(-n2c(O)c(C=Nc3cc4[nH]c(=O)[nH]c4cc3N3CCN(c4ccccc4)CC3)c(=O)[nH]c2=O)c1. The van der Waals surface area contributed by atoms with Gasteiger partial charge < -0.3 is 24.9 Å². The third-order valence-electron chi connectivity index (χ3n) is 7.07. The number of aromatic hydroxyl groups is 1. The summed E-state index contributed by atoms with van der Waals surface area (Å²) in [5.41, 5.74) is 2.91. The highest BCUT2D eigenvalue weighted by Crippen LogP contribution is 2.33. The molecule has 0 spiro atoms. The van der Waals surface area contributed by atoms with Gasteiger partial charge in [0.25, 0.3) is 5.56 Å². The van der Waals surface area contributed by atoms with Crippen molar-refractivity contribution in [3.8, 4) is 11.6 Å². The monoisotopic (exact) mass is 537 g/mol. The molecule has 0 aliphatic carbocycles. The molecular formula is C29H27N7O4. The predicted molar refractivity (Wildman–Crippen MR) is 156 cm³/mol. The number of aromatic nitrogens is 4. The molecule has 0 bridgehead atoms. The van der Waals surface area contributed by atoms with Crippen LogP contribution in [-0.4, -0.2) is 57.0 Å². The summed E-state index contributed by atoms with van der Waals surface area (Å²) in [5, 5.41) is 11.0. The maximum atomic E-state index is 12.7. The number of hydrogen-bond acceptors (Lipinski definition) is 7. The van der Waals surface area contributed by atoms with Crippen molar-refractivity contribution in [1.82, 2.24) is 19.5 Å². The maximum Gasteiger partial charge on any atom is 0.335 e. The highest BCUT2D eigenvalue weighted by Gasteiger charge is 2.21. The lowest BCUT2D eigenvalue weighted by molar-refractivity contribution is 0.430. The minimum atomic E-state index is -0.760. The average molecular weight is 538 g/mol. The zero-order chi connectivity index (χ0) is 27.8. The summed E-state index contributed by atoms with van der Waals surface area (Å²) in [6.45, 7) is 4.86. The Morgan fingerprint density at radius 3 is 2.20 bits per heavy atom. The van der Waals surface area contributed by atoms with Crippen LogP contribution in [-0.2, 0) is 0 Å². The highest BCUT2D eigenvalue weighted by atomic mass is 16.3. The van der Waals surface area contributed by atoms with Crippen molar-refractivity contribution in [2.75, 3.05) is 36.0 Å². The van der Waals surface area contributed by atoms with E-state index in [2.05, 4.69) is 41.9 Å². The molecule has 40 heavy (non-hydrogen) atoms. The summed E-state index contributed by atoms with van der Waals surface area (Å²) in [6, 6.07) is 20.8. The lowest BCUT2D eigenvalue weighted by Crippen LogP contribution is -2.46. The van der Waals surface area contributed by atoms with Crippen LogP contribution in [0, 0.1) is 6.92 Å². The Hall–Kier alpha value is -5.32. The first kappa shape index (κ1) is 25.0. The number of nitrogens with one attached hydrogen (secondary N) is 3. The summed E-state index contributed by atoms with van der Waals surface area (Å²) >= 11 is 0. The van der Waals surface area contributed by atoms with Gasteiger partial charge in [0.1, 0.15) is 5.56 Å². The van der Waals surface area contributed by atoms with Crippen LogP contribution in [0.25, 0.3) is 16.7 Å². The van der Waals surface area contributed by atoms with Gasteiger partial charge in [0.05, 0.1) is 28.1 Å². The molecule has 3 heterocycles. The first-order valence-corrected chi connectivity index (χ1v) is 12.9. The Morgan fingerprint density at radius 2 is 1.48 bits per heavy atom. The first-order valence-electron chi connectivity index (χ1n) is 12.9. The van der Waals surface area contributed by atoms with E-state index in [1.54, 1.807) is 24.3 Å². The Kier molecular flexibility index (Phi) is 6.31. The van der Waals surface area contributed by atoms with Gasteiger partial charge in [0.15, 0.2) is 0 Å². The molecule has 0 saturated carbocycles. The van der Waals surface area contributed by atoms with Crippen molar-refractivity contribution >= 4 is 34.3 Å². The smallest absolute Gasteiger partial charge is 0.335 e. The van der Waals surface area contributed by atoms with E-state index in [0.717, 1.165) is 34.6 Å². The Balaban J connectivity index is 1.38. The van der Waals surface area contributed by atoms with Crippen LogP contribution >= 0.6 is 0 Å². The Morgan fingerprint density at radius 1 is 0.800 bits per heavy atom. The van der Waals surface area contributed by atoms with Gasteiger partial charge in [-0.3, -0.25) is 14.8 Å². The van der Waals surface area contributed by atoms with E-state index in [9.17, 15) is 19.5 Å². The summed E-state index contributed by atoms with van der Waals surface area (Å²) < 4.78 is 1.03. The van der Waals surface area contributed by atoms with Crippen molar-refractivity contribution in [2.24, 2.45) is 4.99 Å². The summed E-state index contributed by atoms with van der Waals surface area (Å²) in [6.07, 6.45) is 1.25. The molecule has 1 saturated heterocycles. The van der Waals surface area contributed by atoms with Gasteiger partial charge in [-0.25, -0.2) is 14.2 Å². The molecular weight excluding hydrogens is 510 g/mol. The second-order valence-electron chi connectivity index (χ2n) is 9.70. The van der Waals surface area contributed by atoms with Crippen LogP contribution in [0.2, 0.25) is 0 Å². The number of piperazine rings is 1. The van der Waals surface area contributed by atoms with Gasteiger partial charge in [0.2, 0.25) is 5.88 Å². The van der Waals surface area contributed by atoms with E-state index < -0.39 is 17.1 Å². The Labute approximate surface area is 227 Å². The standard InChI is InChI=1S/C29H27N7O4/c1-18-6-5-9-20(14-18)36-27(38)21(26(37)33-29(36)40)17-30-24-15-22-23(32-28(39)31-22)16-25(24)35-12-10-34(11-13-35)19-7-3-2-4-8-19/h2-9,14-17,38H,10-13H2,1H3,(H2,31,32,39)(H,33,37,40). The van der Waals surface area contributed by atoms with Crippen LogP contribution < -0.4 is 26.7 Å². The molecule has 11 nitrogen and oxygen atoms in total. The predicted octanol–water partition coefficient (Wildman–Crippen LogP) is 2.79. The number of anilines is 2. The molecule has 1 aliphatic rings. The number of benzene rings is 3. The molecule has 0 radical (unpaired) electrons. The van der Waals surface area contributed by atoms with Crippen molar-refractivity contribution in [3.63, 3.8) is 0 Å². The van der Waals surface area contributed by atoms with Crippen molar-refractivity contribution < 1.29 is 5.11 Å². The van der Waals surface area contributed by atoms with E-state index >= 15 is 0 Å². The van der Waals surface area contributed by atoms with Gasteiger partial charge in [-0.05, 0) is 48.9 Å². The highest BCUT2D eigenvalue weighted by molar-refractivity contribution is 5.91. The lowest BCUT2D eigenvalue weighted by atomic mass is 10.1. The molecule has 2 aromatic heterocycles. The quantitative estimate of drug-likeness (QED) is 0.254. The average Bonchev–Trinajstić information content (AvgIpc) is 3.32. The number of fused-ring (bicyclic) bond motifs is 1. The normalized spacial score (nSPS) is 13.9. The Bertz CT molecular complexity index is 1910. The molecule has 0 unspecified atom stereocenters. The van der Waals surface area contributed by atoms with E-state index in [1.165, 1.54) is 6.21 Å². The van der Waals surface area contributed by atoms with Crippen LogP contribution in [0.3, 0.4) is 0 Å². The maximum absolute atomic E-state index is 12.7. The van der Waals surface area contributed by atoms with Crippen molar-refractivity contribution in [3.05, 3.63) is 109 Å². The number of aromatic amines is 3. The second kappa shape index (κ2) is 10.1. The zero-order valence-corrected chi connectivity index (χ0v) is 21.7. The third-order valence-corrected chi connectivity index (χ3v) is 7.07. The number of nitrogens with zero attached hydrogens (tertiary/aromatic N) is 4. The molecule has 6 rings (SSSR count). The topological polar surface area (TPSA) is 143 Å². The van der Waals surface area contributed by atoms with E-state index in [-0.39, 0.29) is 11.3 Å². The van der Waals surface area contributed by atoms with Gasteiger partial charge >= 0.3 is 11.4 Å². The fourth-order valence-electron chi connectivity index (χ4n) is 5.06. The molecule has 202 valence electrons. The number of aliphatic imine (C=N–C) groups is 1. The summed E-state index contributed by atoms with van der Waals surface area (Å²) in [4.78, 5) is 54.2. The minimum absolute atomic E-state index is 0.163. The van der Waals surface area contributed by atoms with Gasteiger partial charge in [-0.1, -0.05) is 30.3 Å².